The summed E-state index contributed by atoms with van der Waals surface area (Å²) >= 11 is 0. The topological polar surface area (TPSA) is 36.9 Å². The predicted molar refractivity (Wildman–Crippen MR) is 85.4 cm³/mol. The van der Waals surface area contributed by atoms with Crippen LogP contribution in [0.1, 0.15) is 12.8 Å². The summed E-state index contributed by atoms with van der Waals surface area (Å²) < 4.78 is 24.3. The maximum Gasteiger partial charge on any atom is 0.476 e. The molecule has 0 amide bonds. The van der Waals surface area contributed by atoms with Crippen LogP contribution in [0, 0.1) is 0 Å². The Morgan fingerprint density at radius 1 is 0.947 bits per heavy atom. The van der Waals surface area contributed by atoms with Crippen molar-refractivity contribution in [2.75, 3.05) is 13.2 Å². The molecule has 1 heterocycles. The van der Waals surface area contributed by atoms with Crippen molar-refractivity contribution in [2.24, 2.45) is 0 Å². The van der Waals surface area contributed by atoms with Crippen molar-refractivity contribution in [2.45, 2.75) is 64.8 Å². The van der Waals surface area contributed by atoms with E-state index in [2.05, 4.69) is 39.3 Å². The molecule has 0 aliphatic carbocycles. The van der Waals surface area contributed by atoms with Crippen LogP contribution in [0.3, 0.4) is 0 Å². The number of hydrogen-bond donors (Lipinski definition) is 0. The monoisotopic (exact) mass is 322 g/mol. The molecule has 0 saturated carbocycles. The third-order valence-corrected chi connectivity index (χ3v) is 11.1. The van der Waals surface area contributed by atoms with Crippen LogP contribution in [0.4, 0.5) is 0 Å². The SMILES string of the molecule is C[Si](C)(C)O[Si](C)(OCC1CCCO1)O[Si](C)(C)C. The lowest BCUT2D eigenvalue weighted by Crippen LogP contribution is -2.55. The van der Waals surface area contributed by atoms with Gasteiger partial charge in [-0.3, -0.25) is 0 Å². The lowest BCUT2D eigenvalue weighted by Gasteiger charge is -2.37. The maximum absolute atomic E-state index is 6.27. The van der Waals surface area contributed by atoms with E-state index in [1.54, 1.807) is 0 Å². The van der Waals surface area contributed by atoms with Gasteiger partial charge in [0, 0.05) is 13.2 Å². The van der Waals surface area contributed by atoms with E-state index in [9.17, 15) is 0 Å². The van der Waals surface area contributed by atoms with Crippen LogP contribution in [0.15, 0.2) is 0 Å². The molecule has 1 aliphatic rings. The van der Waals surface area contributed by atoms with Gasteiger partial charge in [0.1, 0.15) is 0 Å². The molecule has 1 atom stereocenters. The van der Waals surface area contributed by atoms with Crippen molar-refractivity contribution in [3.05, 3.63) is 0 Å². The van der Waals surface area contributed by atoms with Crippen molar-refractivity contribution < 1.29 is 17.4 Å². The number of rotatable bonds is 7. The van der Waals surface area contributed by atoms with E-state index in [4.69, 9.17) is 17.4 Å². The van der Waals surface area contributed by atoms with Gasteiger partial charge >= 0.3 is 8.80 Å². The molecule has 1 unspecified atom stereocenters. The highest BCUT2D eigenvalue weighted by Gasteiger charge is 2.43. The van der Waals surface area contributed by atoms with Crippen LogP contribution in [0.2, 0.25) is 45.8 Å². The van der Waals surface area contributed by atoms with E-state index in [1.165, 1.54) is 0 Å². The molecule has 1 rings (SSSR count). The van der Waals surface area contributed by atoms with Gasteiger partial charge in [-0.15, -0.1) is 0 Å². The second-order valence-corrected chi connectivity index (χ2v) is 19.3. The van der Waals surface area contributed by atoms with Crippen LogP contribution in [0.5, 0.6) is 0 Å². The molecule has 0 N–H and O–H groups in total. The summed E-state index contributed by atoms with van der Waals surface area (Å²) in [6.07, 6.45) is 2.45. The summed E-state index contributed by atoms with van der Waals surface area (Å²) in [7, 11) is -5.90. The Hall–Kier alpha value is 0.491. The van der Waals surface area contributed by atoms with Crippen molar-refractivity contribution >= 4 is 25.4 Å². The largest absolute Gasteiger partial charge is 0.476 e. The van der Waals surface area contributed by atoms with Crippen LogP contribution in [-0.4, -0.2) is 44.8 Å². The molecule has 7 heteroatoms. The molecule has 4 nitrogen and oxygen atoms in total. The van der Waals surface area contributed by atoms with Crippen LogP contribution >= 0.6 is 0 Å². The Balaban J connectivity index is 2.61. The van der Waals surface area contributed by atoms with Gasteiger partial charge < -0.3 is 17.4 Å². The first-order chi connectivity index (χ1) is 8.49. The Morgan fingerprint density at radius 3 is 1.84 bits per heavy atom. The molecule has 1 saturated heterocycles. The lowest BCUT2D eigenvalue weighted by molar-refractivity contribution is 0.0436. The summed E-state index contributed by atoms with van der Waals surface area (Å²) in [6, 6.07) is 0. The van der Waals surface area contributed by atoms with Gasteiger partial charge in [-0.25, -0.2) is 0 Å². The fourth-order valence-electron chi connectivity index (χ4n) is 2.21. The summed E-state index contributed by atoms with van der Waals surface area (Å²) in [6.45, 7) is 16.6. The molecule has 0 spiro atoms. The molecule has 0 aromatic rings. The van der Waals surface area contributed by atoms with Gasteiger partial charge in [-0.05, 0) is 52.1 Å². The van der Waals surface area contributed by atoms with Crippen molar-refractivity contribution in [1.29, 1.82) is 0 Å². The number of ether oxygens (including phenoxy) is 1. The summed E-state index contributed by atoms with van der Waals surface area (Å²) in [4.78, 5) is 0. The first-order valence-corrected chi connectivity index (χ1v) is 16.2. The molecule has 0 bridgehead atoms. The van der Waals surface area contributed by atoms with E-state index in [0.717, 1.165) is 19.4 Å². The molecule has 0 radical (unpaired) electrons. The fraction of sp³-hybridized carbons (Fsp3) is 1.00. The summed E-state index contributed by atoms with van der Waals surface area (Å²) in [5.74, 6) is 0. The molecular weight excluding hydrogens is 292 g/mol. The molecule has 0 aromatic carbocycles. The predicted octanol–water partition coefficient (Wildman–Crippen LogP) is 3.45. The first kappa shape index (κ1) is 17.5. The minimum Gasteiger partial charge on any atom is -0.417 e. The standard InChI is InChI=1S/C12H30O4Si3/c1-17(2,3)15-19(7,16-18(4,5)6)14-11-12-9-8-10-13-12/h12H,8-11H2,1-7H3. The minimum absolute atomic E-state index is 0.224. The second-order valence-electron chi connectivity index (χ2n) is 7.24. The van der Waals surface area contributed by atoms with Crippen LogP contribution < -0.4 is 0 Å². The zero-order valence-electron chi connectivity index (χ0n) is 13.5. The first-order valence-electron chi connectivity index (χ1n) is 7.15. The van der Waals surface area contributed by atoms with E-state index in [0.29, 0.717) is 6.61 Å². The Kier molecular flexibility index (Phi) is 6.01. The van der Waals surface area contributed by atoms with Gasteiger partial charge in [-0.1, -0.05) is 0 Å². The Morgan fingerprint density at radius 2 is 1.47 bits per heavy atom. The number of hydrogen-bond acceptors (Lipinski definition) is 4. The normalized spacial score (nSPS) is 21.9. The van der Waals surface area contributed by atoms with Crippen molar-refractivity contribution in [3.63, 3.8) is 0 Å². The summed E-state index contributed by atoms with van der Waals surface area (Å²) in [5, 5.41) is 0. The zero-order valence-corrected chi connectivity index (χ0v) is 16.5. The summed E-state index contributed by atoms with van der Waals surface area (Å²) in [5.41, 5.74) is 0. The third-order valence-electron chi connectivity index (χ3n) is 2.54. The van der Waals surface area contributed by atoms with Gasteiger partial charge in [0.25, 0.3) is 0 Å². The quantitative estimate of drug-likeness (QED) is 0.673. The fourth-order valence-corrected chi connectivity index (χ4v) is 12.6. The third kappa shape index (κ3) is 7.74. The van der Waals surface area contributed by atoms with E-state index >= 15 is 0 Å². The van der Waals surface area contributed by atoms with Gasteiger partial charge in [-0.2, -0.15) is 0 Å². The Bertz CT molecular complexity index is 264. The Labute approximate surface area is 121 Å². The highest BCUT2D eigenvalue weighted by molar-refractivity contribution is 6.85. The van der Waals surface area contributed by atoms with E-state index in [-0.39, 0.29) is 6.10 Å². The zero-order chi connectivity index (χ0) is 14.7. The molecule has 0 aromatic heterocycles. The van der Waals surface area contributed by atoms with Crippen LogP contribution in [0.25, 0.3) is 0 Å². The van der Waals surface area contributed by atoms with Gasteiger partial charge in [0.15, 0.2) is 16.6 Å². The molecule has 19 heavy (non-hydrogen) atoms. The van der Waals surface area contributed by atoms with Crippen molar-refractivity contribution in [3.8, 4) is 0 Å². The second kappa shape index (κ2) is 6.50. The molecule has 114 valence electrons. The molecular formula is C12H30O4Si3. The lowest BCUT2D eigenvalue weighted by atomic mass is 10.2. The van der Waals surface area contributed by atoms with Gasteiger partial charge in [0.05, 0.1) is 12.7 Å². The van der Waals surface area contributed by atoms with E-state index < -0.39 is 25.4 Å². The van der Waals surface area contributed by atoms with E-state index in [1.807, 2.05) is 6.55 Å². The molecule has 1 fully saturated rings. The van der Waals surface area contributed by atoms with Gasteiger partial charge in [0.2, 0.25) is 0 Å². The van der Waals surface area contributed by atoms with Crippen LogP contribution in [-0.2, 0) is 17.4 Å². The minimum atomic E-state index is -2.54. The average molecular weight is 323 g/mol. The highest BCUT2D eigenvalue weighted by atomic mass is 28.5. The maximum atomic E-state index is 6.27. The average Bonchev–Trinajstić information content (AvgIpc) is 2.60. The smallest absolute Gasteiger partial charge is 0.417 e. The molecule has 1 aliphatic heterocycles. The highest BCUT2D eigenvalue weighted by Crippen LogP contribution is 2.23. The van der Waals surface area contributed by atoms with Crippen molar-refractivity contribution in [1.82, 2.24) is 0 Å².